The van der Waals surface area contributed by atoms with E-state index in [4.69, 9.17) is 11.6 Å². The van der Waals surface area contributed by atoms with Crippen molar-refractivity contribution in [2.45, 2.75) is 0 Å². The lowest BCUT2D eigenvalue weighted by Gasteiger charge is -2.02. The number of nitrogens with one attached hydrogen (secondary N) is 1. The summed E-state index contributed by atoms with van der Waals surface area (Å²) in [6, 6.07) is 12.7. The molecule has 1 heterocycles. The molecule has 0 aliphatic heterocycles. The van der Waals surface area contributed by atoms with Crippen LogP contribution in [0, 0.1) is 10.1 Å². The Hall–Kier alpha value is -2.77. The third-order valence-electron chi connectivity index (χ3n) is 3.21. The first kappa shape index (κ1) is 16.1. The Kier molecular flexibility index (Phi) is 4.54. The summed E-state index contributed by atoms with van der Waals surface area (Å²) in [7, 11) is 0. The van der Waals surface area contributed by atoms with Gasteiger partial charge in [0.2, 0.25) is 0 Å². The van der Waals surface area contributed by atoms with Gasteiger partial charge in [0.05, 0.1) is 10.6 Å². The molecule has 3 aromatic rings. The number of thiazole rings is 1. The van der Waals surface area contributed by atoms with Gasteiger partial charge in [-0.1, -0.05) is 29.8 Å². The van der Waals surface area contributed by atoms with Crippen LogP contribution in [0.15, 0.2) is 53.9 Å². The Balaban J connectivity index is 1.76. The lowest BCUT2D eigenvalue weighted by molar-refractivity contribution is -0.384. The number of hydrogen-bond acceptors (Lipinski definition) is 5. The number of aromatic nitrogens is 1. The van der Waals surface area contributed by atoms with E-state index in [0.717, 1.165) is 5.56 Å². The van der Waals surface area contributed by atoms with Crippen LogP contribution in [0.3, 0.4) is 0 Å². The molecule has 0 saturated carbocycles. The van der Waals surface area contributed by atoms with E-state index in [1.54, 1.807) is 11.4 Å². The second-order valence-electron chi connectivity index (χ2n) is 4.78. The number of benzene rings is 2. The molecule has 0 aliphatic rings. The molecule has 0 aliphatic carbocycles. The summed E-state index contributed by atoms with van der Waals surface area (Å²) in [6.45, 7) is 0. The number of anilines is 1. The van der Waals surface area contributed by atoms with Crippen LogP contribution in [-0.4, -0.2) is 15.8 Å². The molecule has 0 bridgehead atoms. The van der Waals surface area contributed by atoms with Gasteiger partial charge in [-0.2, -0.15) is 0 Å². The number of non-ortho nitro benzene ring substituents is 1. The number of nitro groups is 1. The van der Waals surface area contributed by atoms with Crippen molar-refractivity contribution in [1.82, 2.24) is 4.98 Å². The molecule has 0 atom stereocenters. The smallest absolute Gasteiger partial charge is 0.269 e. The van der Waals surface area contributed by atoms with Gasteiger partial charge in [0, 0.05) is 33.7 Å². The predicted octanol–water partition coefficient (Wildman–Crippen LogP) is 4.62. The van der Waals surface area contributed by atoms with Gasteiger partial charge in [-0.15, -0.1) is 11.3 Å². The van der Waals surface area contributed by atoms with Crippen LogP contribution >= 0.6 is 22.9 Å². The van der Waals surface area contributed by atoms with Crippen molar-refractivity contribution < 1.29 is 9.72 Å². The van der Waals surface area contributed by atoms with Gasteiger partial charge in [-0.05, 0) is 18.2 Å². The summed E-state index contributed by atoms with van der Waals surface area (Å²) in [4.78, 5) is 26.6. The maximum absolute atomic E-state index is 12.2. The average molecular weight is 360 g/mol. The highest BCUT2D eigenvalue weighted by Crippen LogP contribution is 2.30. The maximum atomic E-state index is 12.2. The van der Waals surface area contributed by atoms with Crippen molar-refractivity contribution >= 4 is 39.7 Å². The zero-order valence-corrected chi connectivity index (χ0v) is 13.7. The molecular weight excluding hydrogens is 350 g/mol. The third kappa shape index (κ3) is 3.42. The van der Waals surface area contributed by atoms with Gasteiger partial charge in [0.15, 0.2) is 5.13 Å². The lowest BCUT2D eigenvalue weighted by atomic mass is 10.2. The Morgan fingerprint density at radius 2 is 1.88 bits per heavy atom. The summed E-state index contributed by atoms with van der Waals surface area (Å²) in [6.07, 6.45) is 0. The van der Waals surface area contributed by atoms with Crippen molar-refractivity contribution in [3.05, 3.63) is 74.6 Å². The molecule has 1 aromatic heterocycles. The van der Waals surface area contributed by atoms with Gasteiger partial charge >= 0.3 is 0 Å². The largest absolute Gasteiger partial charge is 0.298 e. The monoisotopic (exact) mass is 359 g/mol. The Morgan fingerprint density at radius 3 is 2.54 bits per heavy atom. The minimum atomic E-state index is -0.515. The van der Waals surface area contributed by atoms with Gasteiger partial charge in [0.25, 0.3) is 11.6 Å². The minimum Gasteiger partial charge on any atom is -0.298 e. The molecule has 3 rings (SSSR count). The van der Waals surface area contributed by atoms with E-state index in [0.29, 0.717) is 21.4 Å². The molecule has 1 amide bonds. The van der Waals surface area contributed by atoms with Crippen LogP contribution < -0.4 is 5.32 Å². The molecule has 6 nitrogen and oxygen atoms in total. The molecule has 0 radical (unpaired) electrons. The molecule has 0 unspecified atom stereocenters. The molecule has 0 saturated heterocycles. The highest BCUT2D eigenvalue weighted by molar-refractivity contribution is 7.14. The molecule has 120 valence electrons. The summed E-state index contributed by atoms with van der Waals surface area (Å²) in [5, 5.41) is 16.1. The zero-order chi connectivity index (χ0) is 17.1. The number of carbonyl (C=O) groups excluding carboxylic acids is 1. The zero-order valence-electron chi connectivity index (χ0n) is 12.1. The SMILES string of the molecule is O=C(Nc1nc(-c2ccccc2Cl)cs1)c1ccc([N+](=O)[O-])cc1. The number of nitro benzene ring substituents is 1. The van der Waals surface area contributed by atoms with E-state index in [9.17, 15) is 14.9 Å². The Morgan fingerprint density at radius 1 is 1.17 bits per heavy atom. The van der Waals surface area contributed by atoms with Crippen molar-refractivity contribution in [3.8, 4) is 11.3 Å². The van der Waals surface area contributed by atoms with Crippen LogP contribution in [0.25, 0.3) is 11.3 Å². The van der Waals surface area contributed by atoms with Crippen LogP contribution in [0.5, 0.6) is 0 Å². The summed E-state index contributed by atoms with van der Waals surface area (Å²) in [5.41, 5.74) is 1.70. The number of carbonyl (C=O) groups is 1. The third-order valence-corrected chi connectivity index (χ3v) is 4.30. The quantitative estimate of drug-likeness (QED) is 0.543. The molecule has 24 heavy (non-hydrogen) atoms. The van der Waals surface area contributed by atoms with Gasteiger partial charge in [-0.3, -0.25) is 20.2 Å². The topological polar surface area (TPSA) is 85.1 Å². The lowest BCUT2D eigenvalue weighted by Crippen LogP contribution is -2.11. The van der Waals surface area contributed by atoms with E-state index in [-0.39, 0.29) is 11.6 Å². The molecule has 0 spiro atoms. The first-order chi connectivity index (χ1) is 11.5. The number of nitrogens with zero attached hydrogens (tertiary/aromatic N) is 2. The fraction of sp³-hybridized carbons (Fsp3) is 0. The van der Waals surface area contributed by atoms with Gasteiger partial charge in [-0.25, -0.2) is 4.98 Å². The number of amides is 1. The maximum Gasteiger partial charge on any atom is 0.269 e. The summed E-state index contributed by atoms with van der Waals surface area (Å²) < 4.78 is 0. The predicted molar refractivity (Wildman–Crippen MR) is 93.6 cm³/mol. The fourth-order valence-corrected chi connectivity index (χ4v) is 2.97. The number of hydrogen-bond donors (Lipinski definition) is 1. The van der Waals surface area contributed by atoms with Crippen LogP contribution in [-0.2, 0) is 0 Å². The minimum absolute atomic E-state index is 0.0678. The van der Waals surface area contributed by atoms with Crippen LogP contribution in [0.2, 0.25) is 5.02 Å². The molecule has 1 N–H and O–H groups in total. The van der Waals surface area contributed by atoms with Crippen LogP contribution in [0.1, 0.15) is 10.4 Å². The van der Waals surface area contributed by atoms with E-state index in [1.807, 2.05) is 18.2 Å². The van der Waals surface area contributed by atoms with E-state index >= 15 is 0 Å². The summed E-state index contributed by atoms with van der Waals surface area (Å²) >= 11 is 7.41. The van der Waals surface area contributed by atoms with Crippen molar-refractivity contribution in [2.75, 3.05) is 5.32 Å². The number of halogens is 1. The fourth-order valence-electron chi connectivity index (χ4n) is 2.03. The highest BCUT2D eigenvalue weighted by Gasteiger charge is 2.13. The van der Waals surface area contributed by atoms with Crippen LogP contribution in [0.4, 0.5) is 10.8 Å². The first-order valence-corrected chi connectivity index (χ1v) is 8.06. The first-order valence-electron chi connectivity index (χ1n) is 6.81. The van der Waals surface area contributed by atoms with Gasteiger partial charge < -0.3 is 0 Å². The normalized spacial score (nSPS) is 10.4. The standard InChI is InChI=1S/C16H10ClN3O3S/c17-13-4-2-1-3-12(13)14-9-24-16(18-14)19-15(21)10-5-7-11(8-6-10)20(22)23/h1-9H,(H,18,19,21). The van der Waals surface area contributed by atoms with E-state index in [1.165, 1.54) is 35.6 Å². The molecule has 8 heteroatoms. The Bertz CT molecular complexity index is 909. The molecular formula is C16H10ClN3O3S. The average Bonchev–Trinajstić information content (AvgIpc) is 3.03. The van der Waals surface area contributed by atoms with E-state index < -0.39 is 4.92 Å². The second kappa shape index (κ2) is 6.77. The molecule has 2 aromatic carbocycles. The van der Waals surface area contributed by atoms with E-state index in [2.05, 4.69) is 10.3 Å². The van der Waals surface area contributed by atoms with Crippen molar-refractivity contribution in [3.63, 3.8) is 0 Å². The highest BCUT2D eigenvalue weighted by atomic mass is 35.5. The van der Waals surface area contributed by atoms with Crippen molar-refractivity contribution in [2.24, 2.45) is 0 Å². The summed E-state index contributed by atoms with van der Waals surface area (Å²) in [5.74, 6) is -0.384. The number of rotatable bonds is 4. The Labute approximate surface area is 145 Å². The van der Waals surface area contributed by atoms with Crippen molar-refractivity contribution in [1.29, 1.82) is 0 Å². The second-order valence-corrected chi connectivity index (χ2v) is 6.04. The molecule has 0 fully saturated rings. The van der Waals surface area contributed by atoms with Gasteiger partial charge in [0.1, 0.15) is 0 Å².